The minimum Gasteiger partial charge on any atom is -0.354 e. The van der Waals surface area contributed by atoms with Crippen LogP contribution >= 0.6 is 11.8 Å². The summed E-state index contributed by atoms with van der Waals surface area (Å²) in [6.07, 6.45) is 7.39. The van der Waals surface area contributed by atoms with E-state index in [0.29, 0.717) is 12.2 Å². The van der Waals surface area contributed by atoms with Crippen LogP contribution in [0.25, 0.3) is 5.69 Å². The van der Waals surface area contributed by atoms with E-state index in [-0.39, 0.29) is 5.91 Å². The number of rotatable bonds is 6. The monoisotopic (exact) mass is 437 g/mol. The van der Waals surface area contributed by atoms with Gasteiger partial charge in [0.2, 0.25) is 5.91 Å². The molecule has 1 aromatic carbocycles. The molecule has 0 radical (unpaired) electrons. The van der Waals surface area contributed by atoms with Gasteiger partial charge in [-0.1, -0.05) is 36.7 Å². The largest absolute Gasteiger partial charge is 0.354 e. The summed E-state index contributed by atoms with van der Waals surface area (Å²) in [5.74, 6) is 1.49. The van der Waals surface area contributed by atoms with Crippen LogP contribution in [-0.4, -0.2) is 49.0 Å². The molecule has 0 spiro atoms. The molecule has 0 bridgehead atoms. The van der Waals surface area contributed by atoms with Crippen LogP contribution in [0.2, 0.25) is 0 Å². The summed E-state index contributed by atoms with van der Waals surface area (Å²) in [4.78, 5) is 14.9. The van der Waals surface area contributed by atoms with Crippen molar-refractivity contribution in [3.05, 3.63) is 59.2 Å². The molecule has 1 amide bonds. The Morgan fingerprint density at radius 2 is 1.81 bits per heavy atom. The highest BCUT2D eigenvalue weighted by molar-refractivity contribution is 7.99. The minimum atomic E-state index is 0.200. The molecule has 0 aliphatic carbocycles. The highest BCUT2D eigenvalue weighted by atomic mass is 32.2. The number of carbonyl (C=O) groups excluding carboxylic acids is 1. The average molecular weight is 438 g/mol. The summed E-state index contributed by atoms with van der Waals surface area (Å²) in [5.41, 5.74) is 4.69. The molecule has 1 fully saturated rings. The Balaban J connectivity index is 1.62. The highest BCUT2D eigenvalue weighted by Gasteiger charge is 2.21. The fourth-order valence-electron chi connectivity index (χ4n) is 4.11. The summed E-state index contributed by atoms with van der Waals surface area (Å²) in [6, 6.07) is 10.5. The molecule has 0 N–H and O–H groups in total. The number of thioether (sulfide) groups is 1. The van der Waals surface area contributed by atoms with Gasteiger partial charge in [0.1, 0.15) is 5.82 Å². The van der Waals surface area contributed by atoms with Gasteiger partial charge in [0, 0.05) is 38.4 Å². The van der Waals surface area contributed by atoms with E-state index in [9.17, 15) is 4.79 Å². The molecule has 1 aliphatic rings. The summed E-state index contributed by atoms with van der Waals surface area (Å²) < 4.78 is 4.24. The fourth-order valence-corrected chi connectivity index (χ4v) is 4.97. The molecule has 0 saturated carbocycles. The van der Waals surface area contributed by atoms with Gasteiger partial charge in [-0.25, -0.2) is 0 Å². The third-order valence-corrected chi connectivity index (χ3v) is 7.11. The van der Waals surface area contributed by atoms with Gasteiger partial charge in [0.05, 0.1) is 11.4 Å². The maximum absolute atomic E-state index is 12.8. The number of nitrogens with zero attached hydrogens (tertiary/aromatic N) is 5. The van der Waals surface area contributed by atoms with E-state index in [2.05, 4.69) is 57.4 Å². The number of likely N-dealkylation sites (tertiary alicyclic amines) is 1. The zero-order valence-corrected chi connectivity index (χ0v) is 19.5. The molecule has 3 heterocycles. The zero-order chi connectivity index (χ0) is 21.8. The van der Waals surface area contributed by atoms with Crippen LogP contribution in [-0.2, 0) is 18.3 Å². The lowest BCUT2D eigenvalue weighted by Crippen LogP contribution is -2.33. The van der Waals surface area contributed by atoms with Crippen LogP contribution in [0.15, 0.2) is 41.7 Å². The predicted octanol–water partition coefficient (Wildman–Crippen LogP) is 4.31. The smallest absolute Gasteiger partial charge is 0.233 e. The van der Waals surface area contributed by atoms with Crippen molar-refractivity contribution in [3.63, 3.8) is 0 Å². The van der Waals surface area contributed by atoms with E-state index < -0.39 is 0 Å². The Kier molecular flexibility index (Phi) is 6.80. The Morgan fingerprint density at radius 3 is 2.52 bits per heavy atom. The van der Waals surface area contributed by atoms with Crippen molar-refractivity contribution in [2.75, 3.05) is 18.8 Å². The van der Waals surface area contributed by atoms with Gasteiger partial charge in [0.15, 0.2) is 5.16 Å². The van der Waals surface area contributed by atoms with E-state index in [0.717, 1.165) is 42.6 Å². The average Bonchev–Trinajstić information content (AvgIpc) is 3.23. The number of hydrogen-bond acceptors (Lipinski definition) is 4. The van der Waals surface area contributed by atoms with Crippen LogP contribution in [0, 0.1) is 13.8 Å². The number of aromatic nitrogens is 4. The van der Waals surface area contributed by atoms with Crippen molar-refractivity contribution < 1.29 is 4.79 Å². The SMILES string of the molecule is Cc1cccc(-n2c(Cc3cccn3C)nnc2SCC(=O)N2CCCCCC2)c1C. The minimum absolute atomic E-state index is 0.200. The first-order valence-corrected chi connectivity index (χ1v) is 12.0. The van der Waals surface area contributed by atoms with Gasteiger partial charge in [-0.3, -0.25) is 9.36 Å². The van der Waals surface area contributed by atoms with Crippen LogP contribution in [0.1, 0.15) is 48.3 Å². The fraction of sp³-hybridized carbons (Fsp3) is 0.458. The Labute approximate surface area is 188 Å². The molecule has 31 heavy (non-hydrogen) atoms. The van der Waals surface area contributed by atoms with E-state index in [1.807, 2.05) is 24.2 Å². The van der Waals surface area contributed by atoms with E-state index >= 15 is 0 Å². The summed E-state index contributed by atoms with van der Waals surface area (Å²) in [7, 11) is 2.05. The number of amides is 1. The molecule has 4 rings (SSSR count). The first kappa shape index (κ1) is 21.7. The van der Waals surface area contributed by atoms with Crippen molar-refractivity contribution in [1.29, 1.82) is 0 Å². The third-order valence-electron chi connectivity index (χ3n) is 6.19. The first-order chi connectivity index (χ1) is 15.0. The third kappa shape index (κ3) is 4.87. The number of hydrogen-bond donors (Lipinski definition) is 0. The quantitative estimate of drug-likeness (QED) is 0.539. The van der Waals surface area contributed by atoms with Gasteiger partial charge in [-0.05, 0) is 56.0 Å². The Morgan fingerprint density at radius 1 is 1.03 bits per heavy atom. The van der Waals surface area contributed by atoms with Crippen molar-refractivity contribution in [1.82, 2.24) is 24.2 Å². The predicted molar refractivity (Wildman–Crippen MR) is 125 cm³/mol. The lowest BCUT2D eigenvalue weighted by atomic mass is 10.1. The van der Waals surface area contributed by atoms with Gasteiger partial charge >= 0.3 is 0 Å². The van der Waals surface area contributed by atoms with Crippen LogP contribution < -0.4 is 0 Å². The standard InChI is InChI=1S/C24H31N5OS/c1-18-10-8-12-21(19(18)2)29-22(16-20-11-9-13-27(20)3)25-26-24(29)31-17-23(30)28-14-6-4-5-7-15-28/h8-13H,4-7,14-17H2,1-3H3. The molecule has 164 valence electrons. The number of benzene rings is 1. The van der Waals surface area contributed by atoms with E-state index in [1.165, 1.54) is 41.4 Å². The first-order valence-electron chi connectivity index (χ1n) is 11.1. The molecule has 0 atom stereocenters. The van der Waals surface area contributed by atoms with E-state index in [1.54, 1.807) is 0 Å². The Hall–Kier alpha value is -2.54. The molecule has 1 aliphatic heterocycles. The molecule has 6 nitrogen and oxygen atoms in total. The van der Waals surface area contributed by atoms with Crippen molar-refractivity contribution in [2.24, 2.45) is 7.05 Å². The topological polar surface area (TPSA) is 56.0 Å². The molecular formula is C24H31N5OS. The molecule has 7 heteroatoms. The Bertz CT molecular complexity index is 1050. The maximum Gasteiger partial charge on any atom is 0.233 e. The van der Waals surface area contributed by atoms with Gasteiger partial charge in [-0.2, -0.15) is 0 Å². The van der Waals surface area contributed by atoms with Crippen LogP contribution in [0.5, 0.6) is 0 Å². The second-order valence-electron chi connectivity index (χ2n) is 8.32. The second kappa shape index (κ2) is 9.73. The molecule has 0 unspecified atom stereocenters. The van der Waals surface area contributed by atoms with Crippen molar-refractivity contribution >= 4 is 17.7 Å². The van der Waals surface area contributed by atoms with Crippen molar-refractivity contribution in [2.45, 2.75) is 51.1 Å². The zero-order valence-electron chi connectivity index (χ0n) is 18.7. The lowest BCUT2D eigenvalue weighted by Gasteiger charge is -2.20. The van der Waals surface area contributed by atoms with E-state index in [4.69, 9.17) is 0 Å². The highest BCUT2D eigenvalue weighted by Crippen LogP contribution is 2.27. The lowest BCUT2D eigenvalue weighted by molar-refractivity contribution is -0.128. The summed E-state index contributed by atoms with van der Waals surface area (Å²) in [6.45, 7) is 6.01. The number of carbonyl (C=O) groups is 1. The van der Waals surface area contributed by atoms with Crippen LogP contribution in [0.3, 0.4) is 0 Å². The second-order valence-corrected chi connectivity index (χ2v) is 9.27. The van der Waals surface area contributed by atoms with Gasteiger partial charge in [-0.15, -0.1) is 10.2 Å². The maximum atomic E-state index is 12.8. The summed E-state index contributed by atoms with van der Waals surface area (Å²) in [5, 5.41) is 9.82. The number of aryl methyl sites for hydroxylation is 2. The normalized spacial score (nSPS) is 14.6. The molecule has 3 aromatic rings. The van der Waals surface area contributed by atoms with Crippen LogP contribution in [0.4, 0.5) is 0 Å². The van der Waals surface area contributed by atoms with Gasteiger partial charge in [0.25, 0.3) is 0 Å². The van der Waals surface area contributed by atoms with Gasteiger partial charge < -0.3 is 9.47 Å². The van der Waals surface area contributed by atoms with Crippen molar-refractivity contribution in [3.8, 4) is 5.69 Å². The molecule has 1 saturated heterocycles. The molecular weight excluding hydrogens is 406 g/mol. The summed E-state index contributed by atoms with van der Waals surface area (Å²) >= 11 is 1.49. The molecule has 2 aromatic heterocycles.